The number of carbonyl (C=O) groups is 2. The molecule has 0 unspecified atom stereocenters. The van der Waals surface area contributed by atoms with Crippen molar-refractivity contribution >= 4 is 33.8 Å². The van der Waals surface area contributed by atoms with Crippen molar-refractivity contribution in [2.75, 3.05) is 19.7 Å². The standard InChI is InChI=1S/C24H34N2O7S2/c1-8-9-14-32-17-10-12-19(13-11-17)35(30,31)26-16-18(15-25-21(29)33-22(2,3)4)34-23(5,6)24(26,7)20(27)28/h10-13,18H,14-16H2,1-7H3,(H,25,29)(H,27,28)/t18-,24+/m1/s1. The van der Waals surface area contributed by atoms with Gasteiger partial charge in [0.2, 0.25) is 10.0 Å². The molecule has 2 rings (SSSR count). The van der Waals surface area contributed by atoms with E-state index in [1.807, 2.05) is 0 Å². The maximum atomic E-state index is 13.7. The highest BCUT2D eigenvalue weighted by atomic mass is 32.2. The maximum absolute atomic E-state index is 13.7. The molecule has 2 N–H and O–H groups in total. The first-order chi connectivity index (χ1) is 16.0. The maximum Gasteiger partial charge on any atom is 0.407 e. The Bertz CT molecular complexity index is 1100. The molecule has 1 aromatic rings. The Kier molecular flexibility index (Phi) is 8.79. The molecule has 0 bridgehead atoms. The van der Waals surface area contributed by atoms with E-state index in [9.17, 15) is 23.1 Å². The van der Waals surface area contributed by atoms with Crippen LogP contribution in [0.4, 0.5) is 4.79 Å². The Labute approximate surface area is 212 Å². The highest BCUT2D eigenvalue weighted by Crippen LogP contribution is 2.48. The largest absolute Gasteiger partial charge is 0.481 e. The summed E-state index contributed by atoms with van der Waals surface area (Å²) < 4.78 is 38.1. The Balaban J connectivity index is 2.36. The van der Waals surface area contributed by atoms with Gasteiger partial charge in [0.05, 0.1) is 4.90 Å². The van der Waals surface area contributed by atoms with Gasteiger partial charge in [-0.2, -0.15) is 4.31 Å². The van der Waals surface area contributed by atoms with Crippen LogP contribution < -0.4 is 10.1 Å². The molecule has 2 atom stereocenters. The molecule has 0 aliphatic carbocycles. The molecule has 0 spiro atoms. The molecule has 1 aliphatic rings. The lowest BCUT2D eigenvalue weighted by Crippen LogP contribution is -2.70. The van der Waals surface area contributed by atoms with Gasteiger partial charge in [-0.1, -0.05) is 5.92 Å². The van der Waals surface area contributed by atoms with Crippen molar-refractivity contribution in [3.8, 4) is 17.6 Å². The van der Waals surface area contributed by atoms with Crippen molar-refractivity contribution in [3.63, 3.8) is 0 Å². The molecule has 0 saturated carbocycles. The fourth-order valence-corrected chi connectivity index (χ4v) is 7.28. The number of rotatable bonds is 7. The van der Waals surface area contributed by atoms with E-state index in [0.717, 1.165) is 4.31 Å². The topological polar surface area (TPSA) is 122 Å². The summed E-state index contributed by atoms with van der Waals surface area (Å²) in [5.41, 5.74) is -2.43. The van der Waals surface area contributed by atoms with Crippen LogP contribution in [0.25, 0.3) is 0 Å². The van der Waals surface area contributed by atoms with E-state index in [1.54, 1.807) is 41.5 Å². The van der Waals surface area contributed by atoms with Crippen molar-refractivity contribution < 1.29 is 32.6 Å². The molecule has 35 heavy (non-hydrogen) atoms. The summed E-state index contributed by atoms with van der Waals surface area (Å²) in [6, 6.07) is 5.78. The SMILES string of the molecule is CC#CCOc1ccc(S(=O)(=O)N2C[C@@H](CNC(=O)OC(C)(C)C)SC(C)(C)[C@]2(C)C(=O)O)cc1. The zero-order valence-electron chi connectivity index (χ0n) is 21.2. The number of thioether (sulfide) groups is 1. The zero-order chi connectivity index (χ0) is 26.7. The number of alkyl carbamates (subject to hydrolysis) is 1. The third-order valence-electron chi connectivity index (χ3n) is 5.69. The second-order valence-electron chi connectivity index (χ2n) is 9.73. The minimum Gasteiger partial charge on any atom is -0.481 e. The molecule has 1 heterocycles. The van der Waals surface area contributed by atoms with Crippen LogP contribution in [0.3, 0.4) is 0 Å². The summed E-state index contributed by atoms with van der Waals surface area (Å²) in [5, 5.41) is 12.4. The highest BCUT2D eigenvalue weighted by molar-refractivity contribution is 8.01. The van der Waals surface area contributed by atoms with Gasteiger partial charge in [0.15, 0.2) is 0 Å². The lowest BCUT2D eigenvalue weighted by molar-refractivity contribution is -0.149. The van der Waals surface area contributed by atoms with Crippen molar-refractivity contribution in [2.24, 2.45) is 0 Å². The predicted octanol–water partition coefficient (Wildman–Crippen LogP) is 3.34. The second kappa shape index (κ2) is 10.7. The van der Waals surface area contributed by atoms with Gasteiger partial charge in [-0.15, -0.1) is 17.7 Å². The van der Waals surface area contributed by atoms with E-state index in [1.165, 1.54) is 43.0 Å². The number of sulfonamides is 1. The van der Waals surface area contributed by atoms with Gasteiger partial charge in [0, 0.05) is 23.1 Å². The van der Waals surface area contributed by atoms with Crippen LogP contribution in [0.2, 0.25) is 0 Å². The van der Waals surface area contributed by atoms with E-state index in [4.69, 9.17) is 9.47 Å². The fourth-order valence-electron chi connectivity index (χ4n) is 3.58. The summed E-state index contributed by atoms with van der Waals surface area (Å²) >= 11 is 1.32. The molecule has 1 aromatic carbocycles. The third kappa shape index (κ3) is 6.63. The van der Waals surface area contributed by atoms with Gasteiger partial charge in [-0.3, -0.25) is 4.79 Å². The molecule has 1 saturated heterocycles. The van der Waals surface area contributed by atoms with Crippen LogP contribution >= 0.6 is 11.8 Å². The first-order valence-electron chi connectivity index (χ1n) is 11.1. The summed E-state index contributed by atoms with van der Waals surface area (Å²) in [6.07, 6.45) is -0.625. The summed E-state index contributed by atoms with van der Waals surface area (Å²) in [4.78, 5) is 24.5. The number of nitrogens with zero attached hydrogens (tertiary/aromatic N) is 1. The van der Waals surface area contributed by atoms with Crippen LogP contribution in [0, 0.1) is 11.8 Å². The van der Waals surface area contributed by atoms with E-state index in [0.29, 0.717) is 5.75 Å². The van der Waals surface area contributed by atoms with E-state index >= 15 is 0 Å². The number of aliphatic carboxylic acids is 1. The Morgan fingerprint density at radius 1 is 1.23 bits per heavy atom. The van der Waals surface area contributed by atoms with E-state index in [2.05, 4.69) is 17.2 Å². The fraction of sp³-hybridized carbons (Fsp3) is 0.583. The molecule has 1 aliphatic heterocycles. The van der Waals surface area contributed by atoms with Gasteiger partial charge < -0.3 is 19.9 Å². The summed E-state index contributed by atoms with van der Waals surface area (Å²) in [7, 11) is -4.22. The number of benzene rings is 1. The number of nitrogens with one attached hydrogen (secondary N) is 1. The number of amides is 1. The van der Waals surface area contributed by atoms with Gasteiger partial charge in [0.1, 0.15) is 23.5 Å². The molecule has 9 nitrogen and oxygen atoms in total. The van der Waals surface area contributed by atoms with Gasteiger partial charge >= 0.3 is 12.1 Å². The average Bonchev–Trinajstić information content (AvgIpc) is 2.73. The number of carboxylic acid groups (broad SMARTS) is 1. The lowest BCUT2D eigenvalue weighted by Gasteiger charge is -2.52. The number of hydrogen-bond acceptors (Lipinski definition) is 7. The van der Waals surface area contributed by atoms with Crippen molar-refractivity contribution in [3.05, 3.63) is 24.3 Å². The van der Waals surface area contributed by atoms with Crippen LogP contribution in [-0.4, -0.2) is 70.7 Å². The van der Waals surface area contributed by atoms with Crippen LogP contribution in [0.1, 0.15) is 48.5 Å². The second-order valence-corrected chi connectivity index (χ2v) is 13.5. The van der Waals surface area contributed by atoms with Gasteiger partial charge in [-0.05, 0) is 72.7 Å². The highest BCUT2D eigenvalue weighted by Gasteiger charge is 2.60. The van der Waals surface area contributed by atoms with E-state index in [-0.39, 0.29) is 24.6 Å². The monoisotopic (exact) mass is 526 g/mol. The molecule has 1 amide bonds. The predicted molar refractivity (Wildman–Crippen MR) is 135 cm³/mol. The number of carboxylic acids is 1. The number of ether oxygens (including phenoxy) is 2. The normalized spacial score (nSPS) is 22.4. The van der Waals surface area contributed by atoms with E-state index < -0.39 is 43.2 Å². The molecular formula is C24H34N2O7S2. The lowest BCUT2D eigenvalue weighted by atomic mass is 9.86. The molecule has 194 valence electrons. The van der Waals surface area contributed by atoms with Crippen LogP contribution in [0.15, 0.2) is 29.2 Å². The molecule has 11 heteroatoms. The van der Waals surface area contributed by atoms with Crippen LogP contribution in [0.5, 0.6) is 5.75 Å². The molecule has 0 radical (unpaired) electrons. The quantitative estimate of drug-likeness (QED) is 0.519. The third-order valence-corrected chi connectivity index (χ3v) is 9.29. The smallest absolute Gasteiger partial charge is 0.407 e. The van der Waals surface area contributed by atoms with Gasteiger partial charge in [-0.25, -0.2) is 13.2 Å². The minimum atomic E-state index is -4.22. The van der Waals surface area contributed by atoms with Crippen LogP contribution in [-0.2, 0) is 19.6 Å². The summed E-state index contributed by atoms with van der Waals surface area (Å²) in [5.74, 6) is 4.66. The summed E-state index contributed by atoms with van der Waals surface area (Å²) in [6.45, 7) is 11.9. The first kappa shape index (κ1) is 28.8. The molecular weight excluding hydrogens is 492 g/mol. The van der Waals surface area contributed by atoms with Crippen molar-refractivity contribution in [1.82, 2.24) is 9.62 Å². The van der Waals surface area contributed by atoms with Gasteiger partial charge in [0.25, 0.3) is 0 Å². The minimum absolute atomic E-state index is 0.0551. The number of hydrogen-bond donors (Lipinski definition) is 2. The van der Waals surface area contributed by atoms with Crippen molar-refractivity contribution in [2.45, 2.75) is 74.5 Å². The Morgan fingerprint density at radius 2 is 1.83 bits per heavy atom. The van der Waals surface area contributed by atoms with Crippen molar-refractivity contribution in [1.29, 1.82) is 0 Å². The first-order valence-corrected chi connectivity index (χ1v) is 13.4. The zero-order valence-corrected chi connectivity index (χ0v) is 22.8. The number of carbonyl (C=O) groups excluding carboxylic acids is 1. The molecule has 0 aromatic heterocycles. The average molecular weight is 527 g/mol. The Morgan fingerprint density at radius 3 is 2.34 bits per heavy atom. The Hall–Kier alpha value is -2.42. The molecule has 1 fully saturated rings.